The number of halogens is 1. The van der Waals surface area contributed by atoms with Crippen molar-refractivity contribution in [2.75, 3.05) is 5.75 Å². The molecule has 1 N–H and O–H groups in total. The highest BCUT2D eigenvalue weighted by molar-refractivity contribution is 8.00. The summed E-state index contributed by atoms with van der Waals surface area (Å²) in [5.74, 6) is 2.75. The van der Waals surface area contributed by atoms with Crippen LogP contribution in [-0.4, -0.2) is 27.9 Å². The highest BCUT2D eigenvalue weighted by Gasteiger charge is 2.53. The molecule has 4 nitrogen and oxygen atoms in total. The maximum atomic E-state index is 13.4. The first-order valence-corrected chi connectivity index (χ1v) is 13.4. The monoisotopic (exact) mass is 475 g/mol. The molecule has 0 unspecified atom stereocenters. The second-order valence-electron chi connectivity index (χ2n) is 10.8. The minimum Gasteiger partial charge on any atom is -0.352 e. The van der Waals surface area contributed by atoms with E-state index in [1.165, 1.54) is 62.4 Å². The third-order valence-electron chi connectivity index (χ3n) is 8.49. The van der Waals surface area contributed by atoms with Crippen molar-refractivity contribution in [3.05, 3.63) is 54.3 Å². The topological polar surface area (TPSA) is 54.9 Å². The molecule has 4 bridgehead atoms. The van der Waals surface area contributed by atoms with E-state index in [9.17, 15) is 9.18 Å². The first-order valence-electron chi connectivity index (χ1n) is 12.4. The number of hydrogen-bond donors (Lipinski definition) is 1. The van der Waals surface area contributed by atoms with Gasteiger partial charge in [0.1, 0.15) is 16.5 Å². The van der Waals surface area contributed by atoms with E-state index in [0.717, 1.165) is 44.8 Å². The maximum Gasteiger partial charge on any atom is 0.230 e. The van der Waals surface area contributed by atoms with Crippen LogP contribution in [0.4, 0.5) is 4.39 Å². The number of thioether (sulfide) groups is 1. The summed E-state index contributed by atoms with van der Waals surface area (Å²) in [5.41, 5.74) is 1.85. The summed E-state index contributed by atoms with van der Waals surface area (Å²) < 4.78 is 13.4. The molecule has 1 heterocycles. The summed E-state index contributed by atoms with van der Waals surface area (Å²) in [5, 5.41) is 14.9. The summed E-state index contributed by atoms with van der Waals surface area (Å²) in [6.07, 6.45) is 8.10. The van der Waals surface area contributed by atoms with E-state index < -0.39 is 0 Å². The first-order chi connectivity index (χ1) is 16.5. The molecule has 1 atom stereocenters. The highest BCUT2D eigenvalue weighted by Crippen LogP contribution is 2.61. The highest BCUT2D eigenvalue weighted by atomic mass is 32.2. The lowest BCUT2D eigenvalue weighted by Crippen LogP contribution is -2.56. The third kappa shape index (κ3) is 4.00. The Bertz CT molecular complexity index is 1190. The molecule has 176 valence electrons. The molecule has 4 aliphatic carbocycles. The van der Waals surface area contributed by atoms with Gasteiger partial charge in [-0.2, -0.15) is 0 Å². The summed E-state index contributed by atoms with van der Waals surface area (Å²) in [7, 11) is 0. The molecule has 0 aliphatic heterocycles. The Morgan fingerprint density at radius 2 is 1.62 bits per heavy atom. The molecule has 6 heteroatoms. The SMILES string of the molecule is C[C@@H](NC(=O)CSc1nnc(-c2ccc(F)cc2)c2ccccc12)C12CC3CC(CC(C3)C1)C2. The van der Waals surface area contributed by atoms with E-state index in [4.69, 9.17) is 0 Å². The molecule has 0 saturated heterocycles. The number of nitrogens with one attached hydrogen (secondary N) is 1. The number of carbonyl (C=O) groups excluding carboxylic acids is 1. The van der Waals surface area contributed by atoms with E-state index in [1.54, 1.807) is 12.1 Å². The number of amides is 1. The Labute approximate surface area is 204 Å². The average molecular weight is 476 g/mol. The standard InChI is InChI=1S/C28H30FN3OS/c1-17(28-13-18-10-19(14-28)12-20(11-18)15-28)30-25(33)16-34-27-24-5-3-2-4-23(24)26(31-32-27)21-6-8-22(29)9-7-21/h2-9,17-20H,10-16H2,1H3,(H,30,33)/t17-,18?,19?,20?,28?/m1/s1. The normalized spacial score (nSPS) is 28.2. The van der Waals surface area contributed by atoms with E-state index in [2.05, 4.69) is 22.4 Å². The van der Waals surface area contributed by atoms with E-state index in [1.807, 2.05) is 24.3 Å². The smallest absolute Gasteiger partial charge is 0.230 e. The Morgan fingerprint density at radius 1 is 1.00 bits per heavy atom. The van der Waals surface area contributed by atoms with Gasteiger partial charge in [-0.05, 0) is 92.9 Å². The van der Waals surface area contributed by atoms with Gasteiger partial charge in [-0.3, -0.25) is 4.79 Å². The van der Waals surface area contributed by atoms with Crippen LogP contribution in [0.2, 0.25) is 0 Å². The number of fused-ring (bicyclic) bond motifs is 1. The third-order valence-corrected chi connectivity index (χ3v) is 9.47. The molecule has 1 amide bonds. The van der Waals surface area contributed by atoms with Gasteiger partial charge in [0.2, 0.25) is 5.91 Å². The van der Waals surface area contributed by atoms with Crippen molar-refractivity contribution >= 4 is 28.4 Å². The van der Waals surface area contributed by atoms with Gasteiger partial charge < -0.3 is 5.32 Å². The Kier molecular flexibility index (Phi) is 5.59. The Balaban J connectivity index is 1.16. The predicted molar refractivity (Wildman–Crippen MR) is 134 cm³/mol. The molecule has 34 heavy (non-hydrogen) atoms. The summed E-state index contributed by atoms with van der Waals surface area (Å²) in [6.45, 7) is 2.22. The minimum absolute atomic E-state index is 0.0711. The van der Waals surface area contributed by atoms with Gasteiger partial charge in [0, 0.05) is 22.4 Å². The van der Waals surface area contributed by atoms with Crippen molar-refractivity contribution < 1.29 is 9.18 Å². The number of hydrogen-bond acceptors (Lipinski definition) is 4. The number of nitrogens with zero attached hydrogens (tertiary/aromatic N) is 2. The van der Waals surface area contributed by atoms with Crippen LogP contribution in [0.5, 0.6) is 0 Å². The zero-order chi connectivity index (χ0) is 23.3. The Hall–Kier alpha value is -2.47. The van der Waals surface area contributed by atoms with Gasteiger partial charge in [-0.25, -0.2) is 4.39 Å². The van der Waals surface area contributed by atoms with Crippen molar-refractivity contribution in [3.63, 3.8) is 0 Å². The maximum absolute atomic E-state index is 13.4. The van der Waals surface area contributed by atoms with Gasteiger partial charge in [0.25, 0.3) is 0 Å². The van der Waals surface area contributed by atoms with Gasteiger partial charge in [0.05, 0.1) is 5.75 Å². The fourth-order valence-corrected chi connectivity index (χ4v) is 8.07. The molecule has 1 aromatic heterocycles. The van der Waals surface area contributed by atoms with Gasteiger partial charge in [-0.1, -0.05) is 36.0 Å². The average Bonchev–Trinajstić information content (AvgIpc) is 2.82. The van der Waals surface area contributed by atoms with Crippen molar-refractivity contribution in [2.24, 2.45) is 23.2 Å². The lowest BCUT2D eigenvalue weighted by Gasteiger charge is -2.59. The largest absolute Gasteiger partial charge is 0.352 e. The zero-order valence-electron chi connectivity index (χ0n) is 19.5. The molecule has 0 spiro atoms. The molecule has 7 rings (SSSR count). The van der Waals surface area contributed by atoms with Crippen LogP contribution in [0.3, 0.4) is 0 Å². The van der Waals surface area contributed by atoms with Crippen LogP contribution < -0.4 is 5.32 Å². The summed E-state index contributed by atoms with van der Waals surface area (Å²) in [4.78, 5) is 13.0. The van der Waals surface area contributed by atoms with E-state index >= 15 is 0 Å². The number of rotatable bonds is 6. The molecule has 4 saturated carbocycles. The van der Waals surface area contributed by atoms with Crippen molar-refractivity contribution in [2.45, 2.75) is 56.5 Å². The molecule has 2 aromatic carbocycles. The van der Waals surface area contributed by atoms with Crippen LogP contribution in [-0.2, 0) is 4.79 Å². The molecule has 4 aliphatic rings. The van der Waals surface area contributed by atoms with E-state index in [0.29, 0.717) is 11.2 Å². The van der Waals surface area contributed by atoms with Crippen molar-refractivity contribution in [1.82, 2.24) is 15.5 Å². The van der Waals surface area contributed by atoms with E-state index in [-0.39, 0.29) is 17.8 Å². The number of carbonyl (C=O) groups is 1. The van der Waals surface area contributed by atoms with Gasteiger partial charge in [0.15, 0.2) is 0 Å². The second kappa shape index (κ2) is 8.63. The summed E-state index contributed by atoms with van der Waals surface area (Å²) >= 11 is 1.44. The zero-order valence-corrected chi connectivity index (χ0v) is 20.3. The fourth-order valence-electron chi connectivity index (χ4n) is 7.28. The van der Waals surface area contributed by atoms with Gasteiger partial charge >= 0.3 is 0 Å². The van der Waals surface area contributed by atoms with Crippen molar-refractivity contribution in [3.8, 4) is 11.3 Å². The molecular formula is C28H30FN3OS. The molecule has 0 radical (unpaired) electrons. The lowest BCUT2D eigenvalue weighted by atomic mass is 9.48. The first kappa shape index (κ1) is 22.0. The van der Waals surface area contributed by atoms with Crippen LogP contribution in [0, 0.1) is 29.0 Å². The summed E-state index contributed by atoms with van der Waals surface area (Å²) in [6, 6.07) is 14.5. The quantitative estimate of drug-likeness (QED) is 0.428. The van der Waals surface area contributed by atoms with Crippen molar-refractivity contribution in [1.29, 1.82) is 0 Å². The second-order valence-corrected chi connectivity index (χ2v) is 11.7. The fraction of sp³-hybridized carbons (Fsp3) is 0.464. The number of benzene rings is 2. The van der Waals surface area contributed by atoms with Crippen LogP contribution in [0.25, 0.3) is 22.0 Å². The molecular weight excluding hydrogens is 445 g/mol. The van der Waals surface area contributed by atoms with Gasteiger partial charge in [-0.15, -0.1) is 10.2 Å². The minimum atomic E-state index is -0.276. The molecule has 3 aromatic rings. The predicted octanol–water partition coefficient (Wildman–Crippen LogP) is 6.25. The molecule has 4 fully saturated rings. The lowest BCUT2D eigenvalue weighted by molar-refractivity contribution is -0.123. The Morgan fingerprint density at radius 3 is 2.26 bits per heavy atom. The van der Waals surface area contributed by atoms with Crippen LogP contribution in [0.15, 0.2) is 53.6 Å². The van der Waals surface area contributed by atoms with Crippen LogP contribution >= 0.6 is 11.8 Å². The van der Waals surface area contributed by atoms with Crippen LogP contribution in [0.1, 0.15) is 45.4 Å². The number of aromatic nitrogens is 2.